The summed E-state index contributed by atoms with van der Waals surface area (Å²) in [5.41, 5.74) is 0.471. The fraction of sp³-hybridized carbons (Fsp3) is 0.769. The molecule has 0 bridgehead atoms. The van der Waals surface area contributed by atoms with Crippen LogP contribution in [0.2, 0.25) is 0 Å². The van der Waals surface area contributed by atoms with Crippen LogP contribution in [0.15, 0.2) is 11.6 Å². The van der Waals surface area contributed by atoms with Gasteiger partial charge in [-0.2, -0.15) is 0 Å². The zero-order valence-corrected chi connectivity index (χ0v) is 11.7. The number of thiazole rings is 1. The van der Waals surface area contributed by atoms with E-state index in [1.165, 1.54) is 31.1 Å². The monoisotopic (exact) mass is 253 g/mol. The Bertz CT molecular complexity index is 317. The Morgan fingerprint density at radius 2 is 2.47 bits per heavy atom. The molecule has 0 saturated carbocycles. The van der Waals surface area contributed by atoms with Gasteiger partial charge in [0.15, 0.2) is 0 Å². The lowest BCUT2D eigenvalue weighted by molar-refractivity contribution is 0.186. The molecular formula is C13H23N3S. The van der Waals surface area contributed by atoms with E-state index >= 15 is 0 Å². The van der Waals surface area contributed by atoms with Gasteiger partial charge in [0.05, 0.1) is 5.01 Å². The van der Waals surface area contributed by atoms with Crippen molar-refractivity contribution >= 4 is 11.3 Å². The Morgan fingerprint density at radius 1 is 1.59 bits per heavy atom. The fourth-order valence-corrected chi connectivity index (χ4v) is 3.13. The van der Waals surface area contributed by atoms with Crippen LogP contribution >= 0.6 is 11.3 Å². The van der Waals surface area contributed by atoms with E-state index in [0.29, 0.717) is 5.41 Å². The SMILES string of the molecule is CCN(CCc1nccs1)CC1(C)CCNC1. The summed E-state index contributed by atoms with van der Waals surface area (Å²) in [6, 6.07) is 0. The number of hydrogen-bond acceptors (Lipinski definition) is 4. The zero-order chi connectivity index (χ0) is 12.1. The van der Waals surface area contributed by atoms with Crippen LogP contribution in [0.25, 0.3) is 0 Å². The van der Waals surface area contributed by atoms with Gasteiger partial charge in [0.2, 0.25) is 0 Å². The summed E-state index contributed by atoms with van der Waals surface area (Å²) in [6.07, 6.45) is 4.30. The molecule has 1 aromatic heterocycles. The number of nitrogens with zero attached hydrogens (tertiary/aromatic N) is 2. The second kappa shape index (κ2) is 5.94. The summed E-state index contributed by atoms with van der Waals surface area (Å²) in [6.45, 7) is 10.5. The van der Waals surface area contributed by atoms with Crippen LogP contribution in [-0.4, -0.2) is 42.6 Å². The summed E-state index contributed by atoms with van der Waals surface area (Å²) < 4.78 is 0. The average Bonchev–Trinajstić information content (AvgIpc) is 2.96. The second-order valence-electron chi connectivity index (χ2n) is 5.28. The van der Waals surface area contributed by atoms with Crippen molar-refractivity contribution in [2.45, 2.75) is 26.7 Å². The summed E-state index contributed by atoms with van der Waals surface area (Å²) >= 11 is 1.77. The Labute approximate surface area is 108 Å². The van der Waals surface area contributed by atoms with Crippen LogP contribution in [0.3, 0.4) is 0 Å². The predicted molar refractivity (Wildman–Crippen MR) is 73.5 cm³/mol. The topological polar surface area (TPSA) is 28.2 Å². The highest BCUT2D eigenvalue weighted by molar-refractivity contribution is 7.09. The molecule has 3 nitrogen and oxygen atoms in total. The van der Waals surface area contributed by atoms with Crippen molar-refractivity contribution in [3.63, 3.8) is 0 Å². The molecule has 1 atom stereocenters. The van der Waals surface area contributed by atoms with E-state index in [-0.39, 0.29) is 0 Å². The number of hydrogen-bond donors (Lipinski definition) is 1. The molecule has 0 radical (unpaired) electrons. The van der Waals surface area contributed by atoms with Crippen molar-refractivity contribution < 1.29 is 0 Å². The maximum atomic E-state index is 4.35. The first-order valence-electron chi connectivity index (χ1n) is 6.53. The Hall–Kier alpha value is -0.450. The van der Waals surface area contributed by atoms with Gasteiger partial charge in [0.1, 0.15) is 0 Å². The summed E-state index contributed by atoms with van der Waals surface area (Å²) in [4.78, 5) is 6.92. The Morgan fingerprint density at radius 3 is 3.06 bits per heavy atom. The van der Waals surface area contributed by atoms with Gasteiger partial charge in [0.25, 0.3) is 0 Å². The molecule has 1 N–H and O–H groups in total. The third-order valence-corrected chi connectivity index (χ3v) is 4.47. The van der Waals surface area contributed by atoms with Gasteiger partial charge in [0, 0.05) is 37.6 Å². The normalized spacial score (nSPS) is 24.6. The minimum atomic E-state index is 0.471. The third kappa shape index (κ3) is 3.76. The standard InChI is InChI=1S/C13H23N3S/c1-3-16(8-4-12-15-7-9-17-12)11-13(2)5-6-14-10-13/h7,9,14H,3-6,8,10-11H2,1-2H3. The number of rotatable bonds is 6. The van der Waals surface area contributed by atoms with Gasteiger partial charge >= 0.3 is 0 Å². The molecule has 0 amide bonds. The van der Waals surface area contributed by atoms with E-state index in [4.69, 9.17) is 0 Å². The molecular weight excluding hydrogens is 230 g/mol. The number of aromatic nitrogens is 1. The van der Waals surface area contributed by atoms with Crippen LogP contribution in [0.1, 0.15) is 25.3 Å². The van der Waals surface area contributed by atoms with Crippen molar-refractivity contribution in [2.75, 3.05) is 32.7 Å². The van der Waals surface area contributed by atoms with E-state index in [9.17, 15) is 0 Å². The quantitative estimate of drug-likeness (QED) is 0.840. The maximum absolute atomic E-state index is 4.35. The van der Waals surface area contributed by atoms with Gasteiger partial charge in [-0.05, 0) is 24.9 Å². The lowest BCUT2D eigenvalue weighted by Crippen LogP contribution is -2.38. The van der Waals surface area contributed by atoms with E-state index in [0.717, 1.165) is 19.5 Å². The minimum Gasteiger partial charge on any atom is -0.316 e. The molecule has 2 rings (SSSR count). The van der Waals surface area contributed by atoms with Crippen LogP contribution in [0, 0.1) is 5.41 Å². The molecule has 4 heteroatoms. The molecule has 1 saturated heterocycles. The minimum absolute atomic E-state index is 0.471. The van der Waals surface area contributed by atoms with E-state index in [1.54, 1.807) is 11.3 Å². The molecule has 1 unspecified atom stereocenters. The molecule has 0 aliphatic carbocycles. The van der Waals surface area contributed by atoms with Gasteiger partial charge in [-0.3, -0.25) is 0 Å². The lowest BCUT2D eigenvalue weighted by atomic mass is 9.89. The first-order chi connectivity index (χ1) is 8.22. The highest BCUT2D eigenvalue weighted by Crippen LogP contribution is 2.25. The number of likely N-dealkylation sites (N-methyl/N-ethyl adjacent to an activating group) is 1. The fourth-order valence-electron chi connectivity index (χ4n) is 2.52. The van der Waals surface area contributed by atoms with Crippen LogP contribution in [-0.2, 0) is 6.42 Å². The maximum Gasteiger partial charge on any atom is 0.0937 e. The summed E-state index contributed by atoms with van der Waals surface area (Å²) in [5, 5.41) is 6.80. The molecule has 1 aliphatic rings. The van der Waals surface area contributed by atoms with Crippen LogP contribution in [0.5, 0.6) is 0 Å². The van der Waals surface area contributed by atoms with Gasteiger partial charge in [-0.1, -0.05) is 13.8 Å². The van der Waals surface area contributed by atoms with Gasteiger partial charge < -0.3 is 10.2 Å². The molecule has 0 aromatic carbocycles. The first kappa shape index (κ1) is 13.0. The van der Waals surface area contributed by atoms with Crippen molar-refractivity contribution in [1.82, 2.24) is 15.2 Å². The Kier molecular flexibility index (Phi) is 4.54. The molecule has 1 aromatic rings. The predicted octanol–water partition coefficient (Wildman–Crippen LogP) is 2.01. The van der Waals surface area contributed by atoms with Crippen LogP contribution < -0.4 is 5.32 Å². The third-order valence-electron chi connectivity index (χ3n) is 3.64. The molecule has 0 spiro atoms. The van der Waals surface area contributed by atoms with Gasteiger partial charge in [-0.25, -0.2) is 4.98 Å². The molecule has 1 fully saturated rings. The average molecular weight is 253 g/mol. The van der Waals surface area contributed by atoms with Gasteiger partial charge in [-0.15, -0.1) is 11.3 Å². The Balaban J connectivity index is 1.80. The number of nitrogens with one attached hydrogen (secondary N) is 1. The van der Waals surface area contributed by atoms with Crippen LogP contribution in [0.4, 0.5) is 0 Å². The largest absolute Gasteiger partial charge is 0.316 e. The van der Waals surface area contributed by atoms with E-state index < -0.39 is 0 Å². The molecule has 96 valence electrons. The van der Waals surface area contributed by atoms with E-state index in [1.807, 2.05) is 6.20 Å². The second-order valence-corrected chi connectivity index (χ2v) is 6.26. The smallest absolute Gasteiger partial charge is 0.0937 e. The molecule has 1 aliphatic heterocycles. The van der Waals surface area contributed by atoms with Crippen molar-refractivity contribution in [3.8, 4) is 0 Å². The summed E-state index contributed by atoms with van der Waals surface area (Å²) in [5.74, 6) is 0. The lowest BCUT2D eigenvalue weighted by Gasteiger charge is -2.31. The molecule has 2 heterocycles. The highest BCUT2D eigenvalue weighted by atomic mass is 32.1. The first-order valence-corrected chi connectivity index (χ1v) is 7.41. The van der Waals surface area contributed by atoms with Crippen molar-refractivity contribution in [1.29, 1.82) is 0 Å². The molecule has 17 heavy (non-hydrogen) atoms. The highest BCUT2D eigenvalue weighted by Gasteiger charge is 2.30. The summed E-state index contributed by atoms with van der Waals surface area (Å²) in [7, 11) is 0. The van der Waals surface area contributed by atoms with E-state index in [2.05, 4.69) is 34.4 Å². The van der Waals surface area contributed by atoms with Crippen molar-refractivity contribution in [2.24, 2.45) is 5.41 Å². The zero-order valence-electron chi connectivity index (χ0n) is 10.9. The van der Waals surface area contributed by atoms with Crippen molar-refractivity contribution in [3.05, 3.63) is 16.6 Å².